The zero-order chi connectivity index (χ0) is 25.1. The number of aromatic nitrogens is 1. The third-order valence-corrected chi connectivity index (χ3v) is 6.54. The van der Waals surface area contributed by atoms with Crippen LogP contribution in [0.2, 0.25) is 0 Å². The molecule has 0 radical (unpaired) electrons. The quantitative estimate of drug-likeness (QED) is 0.151. The van der Waals surface area contributed by atoms with Crippen molar-refractivity contribution < 1.29 is 14.0 Å². The third-order valence-electron chi connectivity index (χ3n) is 5.54. The van der Waals surface area contributed by atoms with Gasteiger partial charge in [-0.2, -0.15) is 10.1 Å². The van der Waals surface area contributed by atoms with Gasteiger partial charge < -0.3 is 0 Å². The highest BCUT2D eigenvalue weighted by molar-refractivity contribution is 7.22. The first-order valence-corrected chi connectivity index (χ1v) is 12.0. The van der Waals surface area contributed by atoms with Crippen LogP contribution in [0.15, 0.2) is 102 Å². The second-order valence-electron chi connectivity index (χ2n) is 8.15. The summed E-state index contributed by atoms with van der Waals surface area (Å²) >= 11 is 1.17. The van der Waals surface area contributed by atoms with E-state index in [0.29, 0.717) is 32.0 Å². The predicted molar refractivity (Wildman–Crippen MR) is 141 cm³/mol. The SMILES string of the molecule is Cc1ccc(/C=N/N(C(=O)c2ccc(C(=O)c3ccccc3)cc2)c2nc3ccc(F)cc3s2)cc1. The van der Waals surface area contributed by atoms with Crippen molar-refractivity contribution in [1.29, 1.82) is 0 Å². The Morgan fingerprint density at radius 1 is 0.861 bits per heavy atom. The maximum atomic E-state index is 13.7. The number of ketones is 1. The lowest BCUT2D eigenvalue weighted by Gasteiger charge is -2.14. The molecule has 0 saturated heterocycles. The fraction of sp³-hybridized carbons (Fsp3) is 0.0345. The van der Waals surface area contributed by atoms with Gasteiger partial charge in [0, 0.05) is 16.7 Å². The number of rotatable bonds is 6. The van der Waals surface area contributed by atoms with Crippen LogP contribution in [0, 0.1) is 12.7 Å². The summed E-state index contributed by atoms with van der Waals surface area (Å²) < 4.78 is 14.3. The number of carbonyl (C=O) groups excluding carboxylic acids is 2. The number of nitrogens with zero attached hydrogens (tertiary/aromatic N) is 3. The Morgan fingerprint density at radius 2 is 1.53 bits per heavy atom. The van der Waals surface area contributed by atoms with Crippen molar-refractivity contribution in [2.45, 2.75) is 6.92 Å². The van der Waals surface area contributed by atoms with Gasteiger partial charge in [-0.3, -0.25) is 9.59 Å². The van der Waals surface area contributed by atoms with Gasteiger partial charge in [0.1, 0.15) is 5.82 Å². The van der Waals surface area contributed by atoms with E-state index in [4.69, 9.17) is 0 Å². The van der Waals surface area contributed by atoms with Gasteiger partial charge in [0.05, 0.1) is 16.4 Å². The lowest BCUT2D eigenvalue weighted by atomic mass is 10.0. The van der Waals surface area contributed by atoms with Crippen molar-refractivity contribution in [3.8, 4) is 0 Å². The molecule has 0 atom stereocenters. The van der Waals surface area contributed by atoms with Crippen LogP contribution in [0.4, 0.5) is 9.52 Å². The predicted octanol–water partition coefficient (Wildman–Crippen LogP) is 6.66. The normalized spacial score (nSPS) is 11.2. The highest BCUT2D eigenvalue weighted by atomic mass is 32.1. The first-order valence-electron chi connectivity index (χ1n) is 11.2. The van der Waals surface area contributed by atoms with Gasteiger partial charge in [-0.15, -0.1) is 0 Å². The van der Waals surface area contributed by atoms with Crippen LogP contribution < -0.4 is 5.01 Å². The Morgan fingerprint density at radius 3 is 2.25 bits per heavy atom. The number of hydrogen-bond donors (Lipinski definition) is 0. The molecule has 1 aromatic heterocycles. The number of hydrazone groups is 1. The number of fused-ring (bicyclic) bond motifs is 1. The van der Waals surface area contributed by atoms with Crippen molar-refractivity contribution in [3.63, 3.8) is 0 Å². The van der Waals surface area contributed by atoms with E-state index in [-0.39, 0.29) is 11.6 Å². The van der Waals surface area contributed by atoms with Crippen LogP contribution in [0.5, 0.6) is 0 Å². The summed E-state index contributed by atoms with van der Waals surface area (Å²) in [7, 11) is 0. The molecule has 0 fully saturated rings. The smallest absolute Gasteiger partial charge is 0.280 e. The van der Waals surface area contributed by atoms with Gasteiger partial charge in [-0.25, -0.2) is 9.37 Å². The molecule has 5 nitrogen and oxygen atoms in total. The fourth-order valence-corrected chi connectivity index (χ4v) is 4.53. The lowest BCUT2D eigenvalue weighted by molar-refractivity contribution is 0.0985. The molecule has 1 amide bonds. The minimum Gasteiger partial charge on any atom is -0.289 e. The van der Waals surface area contributed by atoms with Gasteiger partial charge in [0.2, 0.25) is 5.13 Å². The molecule has 176 valence electrons. The minimum absolute atomic E-state index is 0.128. The highest BCUT2D eigenvalue weighted by Gasteiger charge is 2.22. The summed E-state index contributed by atoms with van der Waals surface area (Å²) in [5, 5.41) is 5.96. The van der Waals surface area contributed by atoms with E-state index in [9.17, 15) is 14.0 Å². The number of anilines is 1. The van der Waals surface area contributed by atoms with Crippen LogP contribution in [0.25, 0.3) is 10.2 Å². The molecule has 7 heteroatoms. The van der Waals surface area contributed by atoms with Crippen LogP contribution in [-0.4, -0.2) is 22.9 Å². The average molecular weight is 494 g/mol. The number of aryl methyl sites for hydroxylation is 1. The second-order valence-corrected chi connectivity index (χ2v) is 9.16. The first kappa shape index (κ1) is 23.3. The maximum Gasteiger partial charge on any atom is 0.280 e. The topological polar surface area (TPSA) is 62.6 Å². The van der Waals surface area contributed by atoms with Crippen LogP contribution in [-0.2, 0) is 0 Å². The molecule has 0 aliphatic rings. The molecule has 0 bridgehead atoms. The zero-order valence-electron chi connectivity index (χ0n) is 19.3. The van der Waals surface area contributed by atoms with E-state index in [2.05, 4.69) is 10.1 Å². The summed E-state index contributed by atoms with van der Waals surface area (Å²) in [6.07, 6.45) is 1.58. The van der Waals surface area contributed by atoms with Crippen molar-refractivity contribution >= 4 is 44.6 Å². The molecule has 0 spiro atoms. The molecule has 36 heavy (non-hydrogen) atoms. The third kappa shape index (κ3) is 4.96. The summed E-state index contributed by atoms with van der Waals surface area (Å²) in [6, 6.07) is 27.4. The largest absolute Gasteiger partial charge is 0.289 e. The monoisotopic (exact) mass is 493 g/mol. The fourth-order valence-electron chi connectivity index (χ4n) is 3.59. The second kappa shape index (κ2) is 10.0. The number of halogens is 1. The Bertz CT molecular complexity index is 1580. The molecular weight excluding hydrogens is 473 g/mol. The molecule has 0 aliphatic carbocycles. The molecule has 1 heterocycles. The van der Waals surface area contributed by atoms with Gasteiger partial charge in [0.25, 0.3) is 5.91 Å². The molecule has 4 aromatic carbocycles. The van der Waals surface area contributed by atoms with Crippen molar-refractivity contribution in [3.05, 3.63) is 131 Å². The Labute approximate surface area is 211 Å². The van der Waals surface area contributed by atoms with E-state index in [1.807, 2.05) is 37.3 Å². The molecule has 0 saturated carbocycles. The number of benzene rings is 4. The standard InChI is InChI=1S/C29H20FN3O2S/c1-19-7-9-20(10-8-19)18-31-33(29-32-25-16-15-24(30)17-26(25)36-29)28(35)23-13-11-22(12-14-23)27(34)21-5-3-2-4-6-21/h2-18H,1H3/b31-18+. The number of hydrogen-bond acceptors (Lipinski definition) is 5. The lowest BCUT2D eigenvalue weighted by Crippen LogP contribution is -2.25. The Kier molecular flexibility index (Phi) is 6.47. The van der Waals surface area contributed by atoms with Crippen molar-refractivity contribution in [2.24, 2.45) is 5.10 Å². The molecule has 0 aliphatic heterocycles. The van der Waals surface area contributed by atoms with Gasteiger partial charge in [-0.05, 0) is 42.8 Å². The van der Waals surface area contributed by atoms with Crippen molar-refractivity contribution in [1.82, 2.24) is 4.98 Å². The van der Waals surface area contributed by atoms with Crippen LogP contribution in [0.1, 0.15) is 37.4 Å². The first-order chi connectivity index (χ1) is 17.5. The average Bonchev–Trinajstić information content (AvgIpc) is 3.32. The van der Waals surface area contributed by atoms with Crippen LogP contribution in [0.3, 0.4) is 0 Å². The van der Waals surface area contributed by atoms with Gasteiger partial charge in [-0.1, -0.05) is 83.6 Å². The van der Waals surface area contributed by atoms with E-state index < -0.39 is 5.91 Å². The van der Waals surface area contributed by atoms with Gasteiger partial charge in [0.15, 0.2) is 5.78 Å². The molecule has 5 rings (SSSR count). The highest BCUT2D eigenvalue weighted by Crippen LogP contribution is 2.30. The summed E-state index contributed by atoms with van der Waals surface area (Å²) in [5.41, 5.74) is 3.88. The number of thiazole rings is 1. The van der Waals surface area contributed by atoms with E-state index in [0.717, 1.165) is 11.1 Å². The minimum atomic E-state index is -0.420. The van der Waals surface area contributed by atoms with Crippen LogP contribution >= 0.6 is 11.3 Å². The van der Waals surface area contributed by atoms with E-state index in [1.54, 1.807) is 60.8 Å². The van der Waals surface area contributed by atoms with E-state index >= 15 is 0 Å². The zero-order valence-corrected chi connectivity index (χ0v) is 20.1. The summed E-state index contributed by atoms with van der Waals surface area (Å²) in [5.74, 6) is -0.925. The molecule has 0 N–H and O–H groups in total. The molecule has 0 unspecified atom stereocenters. The summed E-state index contributed by atoms with van der Waals surface area (Å²) in [6.45, 7) is 1.99. The summed E-state index contributed by atoms with van der Waals surface area (Å²) in [4.78, 5) is 30.8. The van der Waals surface area contributed by atoms with E-state index in [1.165, 1.54) is 28.5 Å². The number of amides is 1. The Balaban J connectivity index is 1.48. The maximum absolute atomic E-state index is 13.7. The Hall–Kier alpha value is -4.49. The number of carbonyl (C=O) groups is 2. The molecular formula is C29H20FN3O2S. The molecule has 5 aromatic rings. The van der Waals surface area contributed by atoms with Gasteiger partial charge >= 0.3 is 0 Å². The van der Waals surface area contributed by atoms with Crippen molar-refractivity contribution in [2.75, 3.05) is 5.01 Å².